The van der Waals surface area contributed by atoms with Crippen LogP contribution in [0.2, 0.25) is 0 Å². The largest absolute Gasteiger partial charge is 0.378 e. The molecule has 2 N–H and O–H groups in total. The normalized spacial score (nSPS) is 13.5. The van der Waals surface area contributed by atoms with Crippen LogP contribution in [0.25, 0.3) is 11.0 Å². The van der Waals surface area contributed by atoms with Gasteiger partial charge in [-0.25, -0.2) is 4.98 Å². The van der Waals surface area contributed by atoms with Crippen molar-refractivity contribution in [1.29, 1.82) is 0 Å². The predicted octanol–water partition coefficient (Wildman–Crippen LogP) is 3.67. The van der Waals surface area contributed by atoms with E-state index in [9.17, 15) is 9.59 Å². The van der Waals surface area contributed by atoms with Crippen molar-refractivity contribution in [2.45, 2.75) is 6.92 Å². The minimum absolute atomic E-state index is 0.254. The Morgan fingerprint density at radius 1 is 0.800 bits per heavy atom. The van der Waals surface area contributed by atoms with Crippen LogP contribution in [0.3, 0.4) is 0 Å². The van der Waals surface area contributed by atoms with Crippen LogP contribution in [0.4, 0.5) is 17.2 Å². The lowest BCUT2D eigenvalue weighted by Crippen LogP contribution is -2.36. The molecule has 9 nitrogen and oxygen atoms in total. The van der Waals surface area contributed by atoms with E-state index in [0.717, 1.165) is 30.0 Å². The number of hydrogen-bond donors (Lipinski definition) is 2. The van der Waals surface area contributed by atoms with Crippen LogP contribution in [0.1, 0.15) is 26.3 Å². The molecule has 0 bridgehead atoms. The standard InChI is InChI=1S/C26H24N6O3/c1-17-2-4-20(30-25(33)19-6-7-29-24(15-19)32-10-12-35-13-11-32)16-22(17)31-26(34)18-3-5-21-23(14-18)28-9-8-27-21/h2-9,14-16H,10-13H2,1H3,(H,30,33)(H,31,34). The maximum Gasteiger partial charge on any atom is 0.255 e. The number of pyridine rings is 1. The van der Waals surface area contributed by atoms with E-state index in [2.05, 4.69) is 30.5 Å². The quantitative estimate of drug-likeness (QED) is 0.460. The number of amides is 2. The molecule has 0 radical (unpaired) electrons. The Balaban J connectivity index is 1.31. The summed E-state index contributed by atoms with van der Waals surface area (Å²) >= 11 is 0. The van der Waals surface area contributed by atoms with Crippen LogP contribution < -0.4 is 15.5 Å². The van der Waals surface area contributed by atoms with Gasteiger partial charge in [-0.1, -0.05) is 6.07 Å². The van der Waals surface area contributed by atoms with Crippen molar-refractivity contribution in [2.24, 2.45) is 0 Å². The topological polar surface area (TPSA) is 109 Å². The maximum atomic E-state index is 12.9. The lowest BCUT2D eigenvalue weighted by atomic mass is 10.1. The van der Waals surface area contributed by atoms with E-state index in [-0.39, 0.29) is 11.8 Å². The molecule has 176 valence electrons. The summed E-state index contributed by atoms with van der Waals surface area (Å²) in [5.41, 5.74) is 4.39. The summed E-state index contributed by atoms with van der Waals surface area (Å²) in [6, 6.07) is 14.0. The summed E-state index contributed by atoms with van der Waals surface area (Å²) in [5, 5.41) is 5.84. The van der Waals surface area contributed by atoms with E-state index >= 15 is 0 Å². The monoisotopic (exact) mass is 468 g/mol. The lowest BCUT2D eigenvalue weighted by Gasteiger charge is -2.27. The number of nitrogens with one attached hydrogen (secondary N) is 2. The first-order valence-corrected chi connectivity index (χ1v) is 11.3. The minimum Gasteiger partial charge on any atom is -0.378 e. The molecule has 1 aliphatic heterocycles. The van der Waals surface area contributed by atoms with E-state index in [1.165, 1.54) is 0 Å². The number of carbonyl (C=O) groups excluding carboxylic acids is 2. The summed E-state index contributed by atoms with van der Waals surface area (Å²) in [6.45, 7) is 4.65. The van der Waals surface area contributed by atoms with Crippen molar-refractivity contribution in [1.82, 2.24) is 15.0 Å². The van der Waals surface area contributed by atoms with Gasteiger partial charge in [0, 0.05) is 54.2 Å². The van der Waals surface area contributed by atoms with Crippen LogP contribution in [0.5, 0.6) is 0 Å². The van der Waals surface area contributed by atoms with Crippen molar-refractivity contribution < 1.29 is 14.3 Å². The highest BCUT2D eigenvalue weighted by molar-refractivity contribution is 6.07. The zero-order valence-electron chi connectivity index (χ0n) is 19.2. The molecule has 0 unspecified atom stereocenters. The fraction of sp³-hybridized carbons (Fsp3) is 0.192. The zero-order valence-corrected chi connectivity index (χ0v) is 19.2. The highest BCUT2D eigenvalue weighted by Crippen LogP contribution is 2.23. The van der Waals surface area contributed by atoms with Crippen molar-refractivity contribution in [2.75, 3.05) is 41.8 Å². The Labute approximate surface area is 202 Å². The molecule has 1 aliphatic rings. The molecule has 4 aromatic rings. The first-order valence-electron chi connectivity index (χ1n) is 11.3. The second kappa shape index (κ2) is 9.86. The molecule has 1 saturated heterocycles. The second-order valence-electron chi connectivity index (χ2n) is 8.20. The fourth-order valence-electron chi connectivity index (χ4n) is 3.86. The molecule has 5 rings (SSSR count). The maximum absolute atomic E-state index is 12.9. The van der Waals surface area contributed by atoms with Crippen LogP contribution >= 0.6 is 0 Å². The summed E-state index contributed by atoms with van der Waals surface area (Å²) < 4.78 is 5.39. The van der Waals surface area contributed by atoms with E-state index in [0.29, 0.717) is 41.2 Å². The summed E-state index contributed by atoms with van der Waals surface area (Å²) in [6.07, 6.45) is 4.84. The molecular weight excluding hydrogens is 444 g/mol. The average molecular weight is 469 g/mol. The molecule has 9 heteroatoms. The third kappa shape index (κ3) is 5.10. The van der Waals surface area contributed by atoms with Crippen molar-refractivity contribution in [3.63, 3.8) is 0 Å². The first-order chi connectivity index (χ1) is 17.1. The molecule has 1 fully saturated rings. The Morgan fingerprint density at radius 2 is 1.54 bits per heavy atom. The van der Waals surface area contributed by atoms with Crippen LogP contribution in [0, 0.1) is 6.92 Å². The highest BCUT2D eigenvalue weighted by Gasteiger charge is 2.16. The smallest absolute Gasteiger partial charge is 0.255 e. The molecule has 0 aliphatic carbocycles. The third-order valence-electron chi connectivity index (χ3n) is 5.82. The molecule has 2 aromatic carbocycles. The Morgan fingerprint density at radius 3 is 2.37 bits per heavy atom. The summed E-state index contributed by atoms with van der Waals surface area (Å²) in [4.78, 5) is 40.8. The van der Waals surface area contributed by atoms with Gasteiger partial charge in [0.25, 0.3) is 11.8 Å². The van der Waals surface area contributed by atoms with Gasteiger partial charge < -0.3 is 20.3 Å². The first kappa shape index (κ1) is 22.4. The highest BCUT2D eigenvalue weighted by atomic mass is 16.5. The van der Waals surface area contributed by atoms with Crippen LogP contribution in [-0.2, 0) is 4.74 Å². The minimum atomic E-state index is -0.270. The molecular formula is C26H24N6O3. The molecule has 0 spiro atoms. The number of aryl methyl sites for hydroxylation is 1. The van der Waals surface area contributed by atoms with Crippen molar-refractivity contribution >= 4 is 40.0 Å². The number of anilines is 3. The fourth-order valence-corrected chi connectivity index (χ4v) is 3.86. The van der Waals surface area contributed by atoms with Crippen LogP contribution in [0.15, 0.2) is 67.1 Å². The summed E-state index contributed by atoms with van der Waals surface area (Å²) in [5.74, 6) is 0.224. The van der Waals surface area contributed by atoms with Gasteiger partial charge >= 0.3 is 0 Å². The average Bonchev–Trinajstić information content (AvgIpc) is 2.91. The van der Waals surface area contributed by atoms with Gasteiger partial charge in [-0.3, -0.25) is 19.6 Å². The van der Waals surface area contributed by atoms with E-state index in [1.807, 2.05) is 13.0 Å². The van der Waals surface area contributed by atoms with Gasteiger partial charge in [0.15, 0.2) is 0 Å². The zero-order chi connectivity index (χ0) is 24.2. The molecule has 2 amide bonds. The van der Waals surface area contributed by atoms with Gasteiger partial charge in [-0.15, -0.1) is 0 Å². The molecule has 0 saturated carbocycles. The number of aromatic nitrogens is 3. The SMILES string of the molecule is Cc1ccc(NC(=O)c2ccnc(N3CCOCC3)c2)cc1NC(=O)c1ccc2nccnc2c1. The van der Waals surface area contributed by atoms with Crippen molar-refractivity contribution in [3.05, 3.63) is 83.8 Å². The Hall–Kier alpha value is -4.37. The molecule has 3 heterocycles. The number of nitrogens with zero attached hydrogens (tertiary/aromatic N) is 4. The number of rotatable bonds is 5. The molecule has 2 aromatic heterocycles. The van der Waals surface area contributed by atoms with Crippen LogP contribution in [-0.4, -0.2) is 53.1 Å². The van der Waals surface area contributed by atoms with E-state index < -0.39 is 0 Å². The lowest BCUT2D eigenvalue weighted by molar-refractivity contribution is 0.101. The number of carbonyl (C=O) groups is 2. The molecule has 0 atom stereocenters. The number of hydrogen-bond acceptors (Lipinski definition) is 7. The number of fused-ring (bicyclic) bond motifs is 1. The van der Waals surface area contributed by atoms with E-state index in [4.69, 9.17) is 4.74 Å². The molecule has 35 heavy (non-hydrogen) atoms. The van der Waals surface area contributed by atoms with Gasteiger partial charge in [0.1, 0.15) is 5.82 Å². The summed E-state index contributed by atoms with van der Waals surface area (Å²) in [7, 11) is 0. The number of morpholine rings is 1. The van der Waals surface area contributed by atoms with Gasteiger partial charge in [0.05, 0.1) is 24.2 Å². The van der Waals surface area contributed by atoms with Gasteiger partial charge in [0.2, 0.25) is 0 Å². The van der Waals surface area contributed by atoms with Gasteiger partial charge in [-0.2, -0.15) is 0 Å². The third-order valence-corrected chi connectivity index (χ3v) is 5.82. The predicted molar refractivity (Wildman–Crippen MR) is 134 cm³/mol. The second-order valence-corrected chi connectivity index (χ2v) is 8.20. The number of ether oxygens (including phenoxy) is 1. The van der Waals surface area contributed by atoms with E-state index in [1.54, 1.807) is 61.1 Å². The Kier molecular flexibility index (Phi) is 6.32. The number of benzene rings is 2. The van der Waals surface area contributed by atoms with Gasteiger partial charge in [-0.05, 0) is 55.0 Å². The van der Waals surface area contributed by atoms with Crippen molar-refractivity contribution in [3.8, 4) is 0 Å². The Bertz CT molecular complexity index is 1400.